The van der Waals surface area contributed by atoms with Gasteiger partial charge in [-0.05, 0) is 83.1 Å². The first-order valence-corrected chi connectivity index (χ1v) is 9.65. The zero-order valence-electron chi connectivity index (χ0n) is 16.5. The lowest BCUT2D eigenvalue weighted by atomic mass is 10.2. The molecule has 2 rings (SSSR count). The largest absolute Gasteiger partial charge is 0.372 e. The maximum absolute atomic E-state index is 2.37. The Morgan fingerprint density at radius 2 is 0.720 bits per heavy atom. The fraction of sp³-hybridized carbons (Fsp3) is 0.455. The molecule has 0 atom stereocenters. The number of hydrogen-bond acceptors (Lipinski definition) is 3. The quantitative estimate of drug-likeness (QED) is 0.594. The molecule has 0 fully saturated rings. The molecule has 0 unspecified atom stereocenters. The van der Waals surface area contributed by atoms with Crippen molar-refractivity contribution in [3.05, 3.63) is 48.5 Å². The van der Waals surface area contributed by atoms with E-state index < -0.39 is 0 Å². The smallest absolute Gasteiger partial charge is 0.0412 e. The topological polar surface area (TPSA) is 9.72 Å². The average molecular weight is 340 g/mol. The molecular formula is C22H33N3. The molecule has 0 aliphatic heterocycles. The van der Waals surface area contributed by atoms with Crippen LogP contribution in [-0.2, 0) is 0 Å². The van der Waals surface area contributed by atoms with Crippen LogP contribution in [0, 0.1) is 0 Å². The molecule has 0 saturated heterocycles. The Hall–Kier alpha value is -2.16. The van der Waals surface area contributed by atoms with Gasteiger partial charge >= 0.3 is 0 Å². The number of hydrogen-bond donors (Lipinski definition) is 0. The first kappa shape index (κ1) is 19.2. The van der Waals surface area contributed by atoms with Crippen LogP contribution in [0.3, 0.4) is 0 Å². The average Bonchev–Trinajstić information content (AvgIpc) is 2.67. The van der Waals surface area contributed by atoms with Crippen molar-refractivity contribution in [2.75, 3.05) is 47.4 Å². The van der Waals surface area contributed by atoms with Crippen LogP contribution in [0.25, 0.3) is 0 Å². The molecule has 0 aliphatic carbocycles. The van der Waals surface area contributed by atoms with Crippen LogP contribution in [0.5, 0.6) is 0 Å². The summed E-state index contributed by atoms with van der Waals surface area (Å²) in [5, 5.41) is 0. The fourth-order valence-corrected chi connectivity index (χ4v) is 3.38. The highest BCUT2D eigenvalue weighted by molar-refractivity contribution is 5.67. The summed E-state index contributed by atoms with van der Waals surface area (Å²) < 4.78 is 0. The summed E-state index contributed by atoms with van der Waals surface area (Å²) in [6.45, 7) is 16.1. The summed E-state index contributed by atoms with van der Waals surface area (Å²) >= 11 is 0. The molecule has 2 aromatic rings. The van der Waals surface area contributed by atoms with Crippen molar-refractivity contribution in [1.82, 2.24) is 0 Å². The van der Waals surface area contributed by atoms with E-state index in [-0.39, 0.29) is 0 Å². The van der Waals surface area contributed by atoms with Gasteiger partial charge in [0.1, 0.15) is 0 Å². The fourth-order valence-electron chi connectivity index (χ4n) is 3.38. The molecule has 0 aliphatic rings. The van der Waals surface area contributed by atoms with E-state index in [0.29, 0.717) is 0 Å². The third-order valence-electron chi connectivity index (χ3n) is 4.90. The molecule has 0 aromatic heterocycles. The van der Waals surface area contributed by atoms with Crippen molar-refractivity contribution in [2.24, 2.45) is 0 Å². The minimum atomic E-state index is 0.954. The SMILES string of the molecule is CCN(CC)c1ccc(N(CC)c2ccc(N(CC)CC)cc2)cc1. The third-order valence-corrected chi connectivity index (χ3v) is 4.90. The summed E-state index contributed by atoms with van der Waals surface area (Å²) in [6.07, 6.45) is 0. The zero-order chi connectivity index (χ0) is 18.2. The number of rotatable bonds is 9. The van der Waals surface area contributed by atoms with E-state index in [0.717, 1.165) is 32.7 Å². The molecule has 0 amide bonds. The molecule has 136 valence electrons. The highest BCUT2D eigenvalue weighted by Gasteiger charge is 2.09. The van der Waals surface area contributed by atoms with Gasteiger partial charge in [0.15, 0.2) is 0 Å². The van der Waals surface area contributed by atoms with Gasteiger partial charge < -0.3 is 14.7 Å². The predicted molar refractivity (Wildman–Crippen MR) is 113 cm³/mol. The van der Waals surface area contributed by atoms with Crippen LogP contribution in [0.4, 0.5) is 22.7 Å². The Morgan fingerprint density at radius 1 is 0.440 bits per heavy atom. The van der Waals surface area contributed by atoms with Crippen LogP contribution >= 0.6 is 0 Å². The lowest BCUT2D eigenvalue weighted by Gasteiger charge is -2.27. The minimum Gasteiger partial charge on any atom is -0.372 e. The summed E-state index contributed by atoms with van der Waals surface area (Å²) in [4.78, 5) is 7.11. The van der Waals surface area contributed by atoms with Gasteiger partial charge in [0.05, 0.1) is 0 Å². The van der Waals surface area contributed by atoms with Crippen molar-refractivity contribution >= 4 is 22.7 Å². The summed E-state index contributed by atoms with van der Waals surface area (Å²) in [6, 6.07) is 17.9. The van der Waals surface area contributed by atoms with Crippen molar-refractivity contribution in [3.8, 4) is 0 Å². The number of nitrogens with zero attached hydrogens (tertiary/aromatic N) is 3. The minimum absolute atomic E-state index is 0.954. The lowest BCUT2D eigenvalue weighted by Crippen LogP contribution is -2.22. The van der Waals surface area contributed by atoms with Crippen LogP contribution < -0.4 is 14.7 Å². The highest BCUT2D eigenvalue weighted by atomic mass is 15.1. The lowest BCUT2D eigenvalue weighted by molar-refractivity contribution is 0.865. The van der Waals surface area contributed by atoms with Crippen molar-refractivity contribution in [3.63, 3.8) is 0 Å². The van der Waals surface area contributed by atoms with E-state index in [9.17, 15) is 0 Å². The zero-order valence-corrected chi connectivity index (χ0v) is 16.5. The normalized spacial score (nSPS) is 10.6. The number of benzene rings is 2. The van der Waals surface area contributed by atoms with Gasteiger partial charge in [-0.15, -0.1) is 0 Å². The second kappa shape index (κ2) is 9.36. The summed E-state index contributed by atoms with van der Waals surface area (Å²) in [5.41, 5.74) is 5.08. The van der Waals surface area contributed by atoms with Gasteiger partial charge in [0.2, 0.25) is 0 Å². The molecule has 3 heteroatoms. The van der Waals surface area contributed by atoms with Gasteiger partial charge in [-0.2, -0.15) is 0 Å². The van der Waals surface area contributed by atoms with Crippen molar-refractivity contribution in [2.45, 2.75) is 34.6 Å². The maximum Gasteiger partial charge on any atom is 0.0412 e. The van der Waals surface area contributed by atoms with E-state index in [1.54, 1.807) is 0 Å². The highest BCUT2D eigenvalue weighted by Crippen LogP contribution is 2.29. The third kappa shape index (κ3) is 4.47. The molecule has 25 heavy (non-hydrogen) atoms. The molecule has 0 saturated carbocycles. The van der Waals surface area contributed by atoms with Gasteiger partial charge in [-0.3, -0.25) is 0 Å². The molecule has 0 bridgehead atoms. The molecule has 2 aromatic carbocycles. The maximum atomic E-state index is 2.37. The summed E-state index contributed by atoms with van der Waals surface area (Å²) in [5.74, 6) is 0. The predicted octanol–water partition coefficient (Wildman–Crippen LogP) is 5.54. The molecule has 0 heterocycles. The molecule has 0 radical (unpaired) electrons. The van der Waals surface area contributed by atoms with Gasteiger partial charge in [0, 0.05) is 55.5 Å². The summed E-state index contributed by atoms with van der Waals surface area (Å²) in [7, 11) is 0. The van der Waals surface area contributed by atoms with E-state index in [1.807, 2.05) is 0 Å². The van der Waals surface area contributed by atoms with Crippen molar-refractivity contribution in [1.29, 1.82) is 0 Å². The van der Waals surface area contributed by atoms with Crippen molar-refractivity contribution < 1.29 is 0 Å². The Morgan fingerprint density at radius 3 is 0.960 bits per heavy atom. The Kier molecular flexibility index (Phi) is 7.17. The Bertz CT molecular complexity index is 555. The van der Waals surface area contributed by atoms with E-state index >= 15 is 0 Å². The van der Waals surface area contributed by atoms with Gasteiger partial charge in [-0.25, -0.2) is 0 Å². The molecule has 3 nitrogen and oxygen atoms in total. The number of anilines is 4. The van der Waals surface area contributed by atoms with Crippen LogP contribution in [0.15, 0.2) is 48.5 Å². The van der Waals surface area contributed by atoms with E-state index in [1.165, 1.54) is 22.7 Å². The first-order valence-electron chi connectivity index (χ1n) is 9.65. The molecule has 0 N–H and O–H groups in total. The second-order valence-electron chi connectivity index (χ2n) is 6.12. The molecule has 0 spiro atoms. The first-order chi connectivity index (χ1) is 12.2. The van der Waals surface area contributed by atoms with E-state index in [2.05, 4.69) is 97.8 Å². The Labute approximate surface area is 153 Å². The Balaban J connectivity index is 2.21. The molecular weight excluding hydrogens is 306 g/mol. The standard InChI is InChI=1S/C22H33N3/c1-6-23(7-2)19-11-15-21(16-12-19)25(10-5)22-17-13-20(14-18-22)24(8-3)9-4/h11-18H,6-10H2,1-5H3. The van der Waals surface area contributed by atoms with Gasteiger partial charge in [0.25, 0.3) is 0 Å². The van der Waals surface area contributed by atoms with Crippen LogP contribution in [-0.4, -0.2) is 32.7 Å². The monoisotopic (exact) mass is 339 g/mol. The second-order valence-corrected chi connectivity index (χ2v) is 6.12. The van der Waals surface area contributed by atoms with Crippen LogP contribution in [0.2, 0.25) is 0 Å². The van der Waals surface area contributed by atoms with E-state index in [4.69, 9.17) is 0 Å². The van der Waals surface area contributed by atoms with Crippen LogP contribution in [0.1, 0.15) is 34.6 Å². The van der Waals surface area contributed by atoms with Gasteiger partial charge in [-0.1, -0.05) is 0 Å².